The smallest absolute Gasteiger partial charge is 0.387 e. The Hall–Kier alpha value is -1.69. The molecule has 0 saturated heterocycles. The van der Waals surface area contributed by atoms with Gasteiger partial charge in [-0.1, -0.05) is 12.1 Å². The Kier molecular flexibility index (Phi) is 3.00. The highest BCUT2D eigenvalue weighted by molar-refractivity contribution is 6.28. The maximum absolute atomic E-state index is 12.1. The quantitative estimate of drug-likeness (QED) is 0.834. The molecule has 7 heteroatoms. The van der Waals surface area contributed by atoms with E-state index in [1.54, 1.807) is 18.2 Å². The summed E-state index contributed by atoms with van der Waals surface area (Å²) in [4.78, 5) is 0. The van der Waals surface area contributed by atoms with Crippen molar-refractivity contribution in [2.45, 2.75) is 6.61 Å². The normalized spacial score (nSPS) is 10.8. The van der Waals surface area contributed by atoms with Crippen molar-refractivity contribution in [3.8, 4) is 11.4 Å². The Morgan fingerprint density at radius 3 is 2.69 bits per heavy atom. The molecule has 0 amide bonds. The van der Waals surface area contributed by atoms with E-state index >= 15 is 0 Å². The van der Waals surface area contributed by atoms with Crippen LogP contribution in [0.5, 0.6) is 5.75 Å². The van der Waals surface area contributed by atoms with E-state index in [2.05, 4.69) is 14.9 Å². The third kappa shape index (κ3) is 2.11. The molecular formula is C9H6ClF2N3O. The summed E-state index contributed by atoms with van der Waals surface area (Å²) >= 11 is 5.73. The van der Waals surface area contributed by atoms with E-state index in [0.717, 1.165) is 0 Å². The van der Waals surface area contributed by atoms with Crippen molar-refractivity contribution in [3.05, 3.63) is 35.9 Å². The minimum atomic E-state index is -2.89. The fourth-order valence-electron chi connectivity index (χ4n) is 1.23. The molecule has 1 heterocycles. The molecule has 0 bridgehead atoms. The first-order valence-electron chi connectivity index (χ1n) is 4.28. The zero-order valence-electron chi connectivity index (χ0n) is 7.85. The minimum absolute atomic E-state index is 0.0131. The van der Waals surface area contributed by atoms with Crippen molar-refractivity contribution in [2.24, 2.45) is 0 Å². The van der Waals surface area contributed by atoms with Gasteiger partial charge in [0.05, 0.1) is 5.69 Å². The van der Waals surface area contributed by atoms with Crippen molar-refractivity contribution in [2.75, 3.05) is 0 Å². The summed E-state index contributed by atoms with van der Waals surface area (Å²) in [6.07, 6.45) is 1.32. The molecule has 0 radical (unpaired) electrons. The number of hydrogen-bond donors (Lipinski definition) is 0. The molecule has 0 saturated carbocycles. The van der Waals surface area contributed by atoms with Gasteiger partial charge in [0.25, 0.3) is 0 Å². The van der Waals surface area contributed by atoms with Gasteiger partial charge in [-0.25, -0.2) is 0 Å². The summed E-state index contributed by atoms with van der Waals surface area (Å²) in [5.74, 6) is 0.0131. The van der Waals surface area contributed by atoms with Crippen LogP contribution in [0, 0.1) is 0 Å². The van der Waals surface area contributed by atoms with Crippen LogP contribution in [0.2, 0.25) is 5.28 Å². The van der Waals surface area contributed by atoms with E-state index in [9.17, 15) is 8.78 Å². The van der Waals surface area contributed by atoms with Crippen molar-refractivity contribution >= 4 is 11.6 Å². The van der Waals surface area contributed by atoms with Crippen LogP contribution in [-0.4, -0.2) is 21.4 Å². The molecule has 0 N–H and O–H groups in total. The average Bonchev–Trinajstić information content (AvgIpc) is 2.64. The Labute approximate surface area is 94.4 Å². The lowest BCUT2D eigenvalue weighted by atomic mass is 10.3. The molecule has 2 aromatic rings. The van der Waals surface area contributed by atoms with Gasteiger partial charge in [0.15, 0.2) is 0 Å². The maximum atomic E-state index is 12.1. The van der Waals surface area contributed by atoms with Crippen LogP contribution < -0.4 is 4.74 Å². The molecule has 0 spiro atoms. The Bertz CT molecular complexity index is 489. The van der Waals surface area contributed by atoms with Crippen molar-refractivity contribution in [3.63, 3.8) is 0 Å². The number of aromatic nitrogens is 3. The van der Waals surface area contributed by atoms with Crippen molar-refractivity contribution in [1.29, 1.82) is 0 Å². The molecule has 4 nitrogen and oxygen atoms in total. The van der Waals surface area contributed by atoms with E-state index in [1.807, 2.05) is 0 Å². The van der Waals surface area contributed by atoms with Crippen LogP contribution in [0.1, 0.15) is 0 Å². The van der Waals surface area contributed by atoms with Gasteiger partial charge < -0.3 is 4.74 Å². The lowest BCUT2D eigenvalue weighted by Crippen LogP contribution is -2.05. The number of nitrogens with zero attached hydrogens (tertiary/aromatic N) is 3. The maximum Gasteiger partial charge on any atom is 0.387 e. The van der Waals surface area contributed by atoms with Crippen LogP contribution in [0.4, 0.5) is 8.78 Å². The van der Waals surface area contributed by atoms with Crippen LogP contribution in [0.15, 0.2) is 30.6 Å². The lowest BCUT2D eigenvalue weighted by Gasteiger charge is -2.10. The summed E-state index contributed by atoms with van der Waals surface area (Å²) in [7, 11) is 0. The number of ether oxygens (including phenoxy) is 1. The average molecular weight is 246 g/mol. The third-order valence-electron chi connectivity index (χ3n) is 1.85. The zero-order valence-corrected chi connectivity index (χ0v) is 8.60. The second-order valence-corrected chi connectivity index (χ2v) is 3.15. The fourth-order valence-corrected chi connectivity index (χ4v) is 1.41. The van der Waals surface area contributed by atoms with E-state index in [0.29, 0.717) is 5.69 Å². The monoisotopic (exact) mass is 245 g/mol. The molecule has 0 fully saturated rings. The number of benzene rings is 1. The number of halogens is 3. The first-order valence-corrected chi connectivity index (χ1v) is 4.66. The first kappa shape index (κ1) is 10.8. The van der Waals surface area contributed by atoms with Gasteiger partial charge in [0.1, 0.15) is 12.1 Å². The molecule has 0 aliphatic carbocycles. The standard InChI is InChI=1S/C9H6ClF2N3O/c10-8-14-13-5-15(8)6-3-1-2-4-7(6)16-9(11)12/h1-5,9H. The molecular weight excluding hydrogens is 240 g/mol. The molecule has 0 atom stereocenters. The number of alkyl halides is 2. The van der Waals surface area contributed by atoms with E-state index < -0.39 is 6.61 Å². The van der Waals surface area contributed by atoms with Gasteiger partial charge in [-0.2, -0.15) is 8.78 Å². The van der Waals surface area contributed by atoms with Crippen LogP contribution in [0.25, 0.3) is 5.69 Å². The highest BCUT2D eigenvalue weighted by Gasteiger charge is 2.12. The summed E-state index contributed by atoms with van der Waals surface area (Å²) in [5.41, 5.74) is 0.359. The van der Waals surface area contributed by atoms with Crippen LogP contribution in [-0.2, 0) is 0 Å². The highest BCUT2D eigenvalue weighted by Crippen LogP contribution is 2.25. The summed E-state index contributed by atoms with van der Waals surface area (Å²) < 4.78 is 30.0. The minimum Gasteiger partial charge on any atom is -0.433 e. The molecule has 0 aliphatic rings. The molecule has 0 unspecified atom stereocenters. The second-order valence-electron chi connectivity index (χ2n) is 2.82. The van der Waals surface area contributed by atoms with Gasteiger partial charge >= 0.3 is 6.61 Å². The molecule has 1 aromatic carbocycles. The molecule has 1 aromatic heterocycles. The van der Waals surface area contributed by atoms with Crippen molar-refractivity contribution in [1.82, 2.24) is 14.8 Å². The second kappa shape index (κ2) is 4.44. The Morgan fingerprint density at radius 1 is 1.31 bits per heavy atom. The van der Waals surface area contributed by atoms with E-state index in [1.165, 1.54) is 17.0 Å². The molecule has 2 rings (SSSR count). The topological polar surface area (TPSA) is 39.9 Å². The Balaban J connectivity index is 2.44. The molecule has 16 heavy (non-hydrogen) atoms. The van der Waals surface area contributed by atoms with E-state index in [4.69, 9.17) is 11.6 Å². The van der Waals surface area contributed by atoms with Gasteiger partial charge in [-0.05, 0) is 23.7 Å². The van der Waals surface area contributed by atoms with E-state index in [-0.39, 0.29) is 11.0 Å². The summed E-state index contributed by atoms with van der Waals surface area (Å²) in [6, 6.07) is 6.24. The number of rotatable bonds is 3. The van der Waals surface area contributed by atoms with Gasteiger partial charge in [0.2, 0.25) is 5.28 Å². The molecule has 84 valence electrons. The zero-order chi connectivity index (χ0) is 11.5. The number of para-hydroxylation sites is 2. The van der Waals surface area contributed by atoms with Gasteiger partial charge in [-0.3, -0.25) is 4.57 Å². The predicted molar refractivity (Wildman–Crippen MR) is 53.0 cm³/mol. The lowest BCUT2D eigenvalue weighted by molar-refractivity contribution is -0.0498. The fraction of sp³-hybridized carbons (Fsp3) is 0.111. The number of hydrogen-bond acceptors (Lipinski definition) is 3. The third-order valence-corrected chi connectivity index (χ3v) is 2.10. The molecule has 0 aliphatic heterocycles. The highest BCUT2D eigenvalue weighted by atomic mass is 35.5. The largest absolute Gasteiger partial charge is 0.433 e. The summed E-state index contributed by atoms with van der Waals surface area (Å²) in [5, 5.41) is 7.18. The summed E-state index contributed by atoms with van der Waals surface area (Å²) in [6.45, 7) is -2.89. The first-order chi connectivity index (χ1) is 7.68. The Morgan fingerprint density at radius 2 is 2.06 bits per heavy atom. The predicted octanol–water partition coefficient (Wildman–Crippen LogP) is 2.52. The SMILES string of the molecule is FC(F)Oc1ccccc1-n1cnnc1Cl. The van der Waals surface area contributed by atoms with Gasteiger partial charge in [0, 0.05) is 0 Å². The van der Waals surface area contributed by atoms with Gasteiger partial charge in [-0.15, -0.1) is 10.2 Å². The van der Waals surface area contributed by atoms with Crippen LogP contribution in [0.3, 0.4) is 0 Å². The van der Waals surface area contributed by atoms with Crippen LogP contribution >= 0.6 is 11.6 Å². The van der Waals surface area contributed by atoms with Crippen molar-refractivity contribution < 1.29 is 13.5 Å².